The van der Waals surface area contributed by atoms with E-state index in [2.05, 4.69) is 60.4 Å². The molecule has 4 aliphatic heterocycles. The minimum atomic E-state index is -3.93. The van der Waals surface area contributed by atoms with Crippen LogP contribution in [0.2, 0.25) is 0 Å². The summed E-state index contributed by atoms with van der Waals surface area (Å²) in [6, 6.07) is 39.4. The number of anilines is 7. The third kappa shape index (κ3) is 15.0. The fourth-order valence-electron chi connectivity index (χ4n) is 12.6. The van der Waals surface area contributed by atoms with Crippen molar-refractivity contribution in [2.75, 3.05) is 132 Å². The summed E-state index contributed by atoms with van der Waals surface area (Å²) in [5.41, 5.74) is 6.98. The average Bonchev–Trinajstić information content (AvgIpc) is 1.72. The molecule has 4 aliphatic rings. The van der Waals surface area contributed by atoms with Gasteiger partial charge in [-0.25, -0.2) is 17.7 Å². The molecule has 20 nitrogen and oxygen atoms in total. The predicted molar refractivity (Wildman–Crippen MR) is 357 cm³/mol. The molecule has 1 aromatic heterocycles. The highest BCUT2D eigenvalue weighted by atomic mass is 32.2. The van der Waals surface area contributed by atoms with Gasteiger partial charge in [0.05, 0.1) is 56.8 Å². The van der Waals surface area contributed by atoms with Crippen molar-refractivity contribution in [3.05, 3.63) is 145 Å². The Labute approximate surface area is 534 Å². The lowest BCUT2D eigenvalue weighted by Crippen LogP contribution is -2.47. The number of para-hydroxylation sites is 1. The maximum atomic E-state index is 14.0. The molecule has 2 N–H and O–H groups in total. The standard InChI is InChI=1S/C70H82N10O10S/c1-8-88-65-43-53(22-25-60(65)73-70-71-45-62-66(74-70)80(91(7,84)85)61-16-10-9-15-58(61)69(83)76(62)4)78-38-29-49(30-39-78)68(82)79-36-27-47(28-37-79)46-77-34-31-54(32-35-77)90-56-23-24-57(64(44-56)89-40-12-33-75(2)3)48-17-20-52(21-18-48)72-67(81)51-19-26-63(87-6)59(42-51)50-13-11-14-55(41-50)86-5/h9-11,13-26,41-45,47,49,54H,8,12,27-40,46H2,1-7H3,(H,72,81)(H,71,73,74). The Kier molecular flexibility index (Phi) is 19.9. The van der Waals surface area contributed by atoms with E-state index in [1.165, 1.54) is 11.1 Å². The minimum Gasteiger partial charge on any atom is -0.497 e. The van der Waals surface area contributed by atoms with Gasteiger partial charge in [0.25, 0.3) is 11.8 Å². The van der Waals surface area contributed by atoms with Crippen LogP contribution in [0.1, 0.15) is 72.6 Å². The van der Waals surface area contributed by atoms with Crippen LogP contribution in [0.15, 0.2) is 134 Å². The maximum absolute atomic E-state index is 14.0. The third-order valence-electron chi connectivity index (χ3n) is 17.6. The molecule has 21 heteroatoms. The molecule has 91 heavy (non-hydrogen) atoms. The first kappa shape index (κ1) is 63.6. The van der Waals surface area contributed by atoms with Crippen LogP contribution in [-0.4, -0.2) is 164 Å². The molecule has 0 radical (unpaired) electrons. The lowest BCUT2D eigenvalue weighted by molar-refractivity contribution is -0.137. The van der Waals surface area contributed by atoms with E-state index in [0.717, 1.165) is 147 Å². The number of carbonyl (C=O) groups is 3. The monoisotopic (exact) mass is 1250 g/mol. The lowest BCUT2D eigenvalue weighted by Gasteiger charge is -2.40. The summed E-state index contributed by atoms with van der Waals surface area (Å²) in [5.74, 6) is 3.81. The molecular weight excluding hydrogens is 1170 g/mol. The van der Waals surface area contributed by atoms with Crippen molar-refractivity contribution in [2.45, 2.75) is 58.0 Å². The van der Waals surface area contributed by atoms with Crippen molar-refractivity contribution in [1.29, 1.82) is 0 Å². The van der Waals surface area contributed by atoms with Gasteiger partial charge in [0.2, 0.25) is 21.9 Å². The lowest BCUT2D eigenvalue weighted by atomic mass is 9.91. The Morgan fingerprint density at radius 1 is 0.703 bits per heavy atom. The predicted octanol–water partition coefficient (Wildman–Crippen LogP) is 11.2. The number of benzene rings is 6. The third-order valence-corrected chi connectivity index (χ3v) is 18.6. The molecule has 6 aromatic carbocycles. The normalized spacial score (nSPS) is 16.0. The zero-order valence-electron chi connectivity index (χ0n) is 53.0. The maximum Gasteiger partial charge on any atom is 0.260 e. The summed E-state index contributed by atoms with van der Waals surface area (Å²) in [6.07, 6.45) is 8.83. The van der Waals surface area contributed by atoms with Crippen LogP contribution in [0.4, 0.5) is 40.2 Å². The minimum absolute atomic E-state index is 0.0274. The van der Waals surface area contributed by atoms with Gasteiger partial charge < -0.3 is 58.8 Å². The Morgan fingerprint density at radius 3 is 2.20 bits per heavy atom. The van der Waals surface area contributed by atoms with Crippen LogP contribution in [0.5, 0.6) is 28.7 Å². The van der Waals surface area contributed by atoms with Crippen LogP contribution in [0, 0.1) is 11.8 Å². The highest BCUT2D eigenvalue weighted by Gasteiger charge is 2.36. The number of aromatic nitrogens is 2. The number of sulfonamides is 1. The van der Waals surface area contributed by atoms with Crippen molar-refractivity contribution in [1.82, 2.24) is 24.7 Å². The number of hydrogen-bond acceptors (Lipinski definition) is 16. The van der Waals surface area contributed by atoms with E-state index in [9.17, 15) is 22.8 Å². The number of hydrogen-bond donors (Lipinski definition) is 2. The highest BCUT2D eigenvalue weighted by molar-refractivity contribution is 7.92. The van der Waals surface area contributed by atoms with Crippen molar-refractivity contribution in [3.8, 4) is 51.0 Å². The van der Waals surface area contributed by atoms with Gasteiger partial charge in [0.15, 0.2) is 5.82 Å². The van der Waals surface area contributed by atoms with Gasteiger partial charge in [-0.1, -0.05) is 36.4 Å². The summed E-state index contributed by atoms with van der Waals surface area (Å²) in [4.78, 5) is 60.7. The van der Waals surface area contributed by atoms with Crippen LogP contribution >= 0.6 is 0 Å². The molecule has 0 saturated carbocycles. The molecule has 3 saturated heterocycles. The molecule has 3 fully saturated rings. The molecule has 0 bridgehead atoms. The second-order valence-electron chi connectivity index (χ2n) is 24.0. The molecule has 478 valence electrons. The molecule has 0 aliphatic carbocycles. The summed E-state index contributed by atoms with van der Waals surface area (Å²) < 4.78 is 58.1. The first-order valence-electron chi connectivity index (χ1n) is 31.4. The van der Waals surface area contributed by atoms with Crippen LogP contribution in [0.3, 0.4) is 0 Å². The molecule has 11 rings (SSSR count). The molecule has 3 amide bonds. The summed E-state index contributed by atoms with van der Waals surface area (Å²) >= 11 is 0. The SMILES string of the molecule is CCOc1cc(N2CCC(C(=O)N3CCC(CN4CCC(Oc5ccc(-c6ccc(NC(=O)c7ccc(OC)c(-c8cccc(OC)c8)c7)cc6)c(OCCCN(C)C)c5)CC4)CC3)CC2)ccc1Nc1ncc2c(n1)N(S(C)(=O)=O)c1ccccc1C(=O)N2C. The van der Waals surface area contributed by atoms with Gasteiger partial charge in [-0.15, -0.1) is 0 Å². The molecular formula is C70H82N10O10S. The van der Waals surface area contributed by atoms with E-state index in [0.29, 0.717) is 53.3 Å². The van der Waals surface area contributed by atoms with Gasteiger partial charge in [-0.2, -0.15) is 4.98 Å². The van der Waals surface area contributed by atoms with E-state index in [1.54, 1.807) is 57.7 Å². The Hall–Kier alpha value is -8.92. The van der Waals surface area contributed by atoms with E-state index in [-0.39, 0.29) is 58.4 Å². The largest absolute Gasteiger partial charge is 0.497 e. The average molecular weight is 1260 g/mol. The van der Waals surface area contributed by atoms with Crippen LogP contribution in [-0.2, 0) is 14.8 Å². The zero-order chi connectivity index (χ0) is 63.8. The van der Waals surface area contributed by atoms with E-state index in [4.69, 9.17) is 23.7 Å². The quantitative estimate of drug-likeness (QED) is 0.0607. The Balaban J connectivity index is 0.642. The fraction of sp³-hybridized carbons (Fsp3) is 0.386. The smallest absolute Gasteiger partial charge is 0.260 e. The van der Waals surface area contributed by atoms with E-state index >= 15 is 0 Å². The number of nitrogens with zero attached hydrogens (tertiary/aromatic N) is 8. The number of rotatable bonds is 22. The van der Waals surface area contributed by atoms with Gasteiger partial charge in [0.1, 0.15) is 40.5 Å². The second-order valence-corrected chi connectivity index (χ2v) is 25.9. The first-order chi connectivity index (χ1) is 44.0. The topological polar surface area (TPSA) is 201 Å². The van der Waals surface area contributed by atoms with Crippen LogP contribution in [0.25, 0.3) is 22.3 Å². The van der Waals surface area contributed by atoms with Gasteiger partial charge in [0, 0.05) is 106 Å². The van der Waals surface area contributed by atoms with Gasteiger partial charge in [-0.3, -0.25) is 14.4 Å². The van der Waals surface area contributed by atoms with Crippen molar-refractivity contribution in [2.24, 2.45) is 11.8 Å². The van der Waals surface area contributed by atoms with Crippen LogP contribution < -0.4 is 48.4 Å². The summed E-state index contributed by atoms with van der Waals surface area (Å²) in [6.45, 7) is 9.72. The van der Waals surface area contributed by atoms with E-state index in [1.807, 2.05) is 91.9 Å². The Morgan fingerprint density at radius 2 is 1.47 bits per heavy atom. The number of nitrogens with one attached hydrogen (secondary N) is 2. The highest BCUT2D eigenvalue weighted by Crippen LogP contribution is 2.43. The fourth-order valence-corrected chi connectivity index (χ4v) is 13.6. The first-order valence-corrected chi connectivity index (χ1v) is 33.3. The molecule has 5 heterocycles. The molecule has 0 atom stereocenters. The number of ether oxygens (including phenoxy) is 5. The number of piperidine rings is 3. The van der Waals surface area contributed by atoms with E-state index < -0.39 is 10.0 Å². The van der Waals surface area contributed by atoms with Crippen molar-refractivity contribution in [3.63, 3.8) is 0 Å². The number of methoxy groups -OCH3 is 2. The van der Waals surface area contributed by atoms with Crippen molar-refractivity contribution >= 4 is 67.9 Å². The molecule has 7 aromatic rings. The van der Waals surface area contributed by atoms with Gasteiger partial charge >= 0.3 is 0 Å². The number of fused-ring (bicyclic) bond motifs is 2. The number of amides is 3. The summed E-state index contributed by atoms with van der Waals surface area (Å²) in [5, 5.41) is 6.30. The van der Waals surface area contributed by atoms with Crippen molar-refractivity contribution < 1.29 is 46.5 Å². The van der Waals surface area contributed by atoms with Gasteiger partial charge in [-0.05, 0) is 162 Å². The number of carbonyl (C=O) groups excluding carboxylic acids is 3. The Bertz CT molecular complexity index is 3850. The zero-order valence-corrected chi connectivity index (χ0v) is 53.8. The summed E-state index contributed by atoms with van der Waals surface area (Å²) in [7, 11) is 5.00. The second kappa shape index (κ2) is 28.5. The molecule has 0 unspecified atom stereocenters. The molecule has 0 spiro atoms. The number of likely N-dealkylation sites (tertiary alicyclic amines) is 2.